The van der Waals surface area contributed by atoms with Crippen LogP contribution in [0.1, 0.15) is 18.4 Å². The number of rotatable bonds is 8. The van der Waals surface area contributed by atoms with Crippen molar-refractivity contribution >= 4 is 23.2 Å². The molecule has 1 saturated heterocycles. The van der Waals surface area contributed by atoms with Crippen LogP contribution in [0.25, 0.3) is 0 Å². The molecule has 0 bridgehead atoms. The summed E-state index contributed by atoms with van der Waals surface area (Å²) in [6.45, 7) is 3.61. The molecule has 8 nitrogen and oxygen atoms in total. The smallest absolute Gasteiger partial charge is 0.238 e. The largest absolute Gasteiger partial charge is 0.495 e. The van der Waals surface area contributed by atoms with E-state index >= 15 is 0 Å². The molecule has 3 rings (SSSR count). The standard InChI is InChI=1S/C24H31N3O5/c1-16-5-7-20(30-2)19(13-16)26-24(29)17-9-11-27(12-10-17)15-23(28)25-18-6-8-21(31-3)22(14-18)32-4/h5-8,13-14,17H,9-12,15H2,1-4H3,(H,25,28)(H,26,29). The van der Waals surface area contributed by atoms with Gasteiger partial charge in [-0.2, -0.15) is 0 Å². The minimum Gasteiger partial charge on any atom is -0.495 e. The quantitative estimate of drug-likeness (QED) is 0.653. The molecule has 1 heterocycles. The van der Waals surface area contributed by atoms with Gasteiger partial charge in [0.25, 0.3) is 0 Å². The molecular weight excluding hydrogens is 410 g/mol. The lowest BCUT2D eigenvalue weighted by Gasteiger charge is -2.30. The second-order valence-electron chi connectivity index (χ2n) is 7.86. The monoisotopic (exact) mass is 441 g/mol. The van der Waals surface area contributed by atoms with Crippen molar-refractivity contribution in [3.05, 3.63) is 42.0 Å². The Morgan fingerprint density at radius 3 is 2.22 bits per heavy atom. The van der Waals surface area contributed by atoms with Crippen molar-refractivity contribution in [2.24, 2.45) is 5.92 Å². The highest BCUT2D eigenvalue weighted by Gasteiger charge is 2.26. The van der Waals surface area contributed by atoms with Crippen LogP contribution in [-0.2, 0) is 9.59 Å². The van der Waals surface area contributed by atoms with Crippen molar-refractivity contribution in [1.82, 2.24) is 4.90 Å². The van der Waals surface area contributed by atoms with Gasteiger partial charge in [-0.25, -0.2) is 0 Å². The maximum absolute atomic E-state index is 12.7. The van der Waals surface area contributed by atoms with Crippen LogP contribution in [-0.4, -0.2) is 57.7 Å². The zero-order valence-electron chi connectivity index (χ0n) is 19.1. The molecule has 0 saturated carbocycles. The summed E-state index contributed by atoms with van der Waals surface area (Å²) >= 11 is 0. The summed E-state index contributed by atoms with van der Waals surface area (Å²) in [4.78, 5) is 27.3. The number of piperidine rings is 1. The Bertz CT molecular complexity index is 955. The Kier molecular flexibility index (Phi) is 7.94. The SMILES string of the molecule is COc1ccc(C)cc1NC(=O)C1CCN(CC(=O)Nc2ccc(OC)c(OC)c2)CC1. The molecule has 2 aromatic rings. The lowest BCUT2D eigenvalue weighted by atomic mass is 9.95. The summed E-state index contributed by atoms with van der Waals surface area (Å²) in [5.41, 5.74) is 2.39. The van der Waals surface area contributed by atoms with Gasteiger partial charge in [0.05, 0.1) is 33.6 Å². The van der Waals surface area contributed by atoms with Crippen LogP contribution in [0, 0.1) is 12.8 Å². The van der Waals surface area contributed by atoms with Crippen molar-refractivity contribution < 1.29 is 23.8 Å². The molecule has 1 fully saturated rings. The van der Waals surface area contributed by atoms with Crippen molar-refractivity contribution in [3.8, 4) is 17.2 Å². The first-order valence-electron chi connectivity index (χ1n) is 10.6. The van der Waals surface area contributed by atoms with E-state index in [1.807, 2.05) is 25.1 Å². The predicted octanol–water partition coefficient (Wildman–Crippen LogP) is 3.31. The van der Waals surface area contributed by atoms with Gasteiger partial charge in [0.15, 0.2) is 11.5 Å². The zero-order valence-corrected chi connectivity index (χ0v) is 19.1. The van der Waals surface area contributed by atoms with Crippen LogP contribution in [0.15, 0.2) is 36.4 Å². The molecule has 0 spiro atoms. The normalized spacial score (nSPS) is 14.5. The van der Waals surface area contributed by atoms with E-state index in [9.17, 15) is 9.59 Å². The Labute approximate surface area is 188 Å². The van der Waals surface area contributed by atoms with Crippen LogP contribution < -0.4 is 24.8 Å². The van der Waals surface area contributed by atoms with E-state index < -0.39 is 0 Å². The van der Waals surface area contributed by atoms with Crippen LogP contribution in [0.2, 0.25) is 0 Å². The van der Waals surface area contributed by atoms with Crippen LogP contribution in [0.3, 0.4) is 0 Å². The maximum atomic E-state index is 12.7. The number of methoxy groups -OCH3 is 3. The second-order valence-corrected chi connectivity index (χ2v) is 7.86. The van der Waals surface area contributed by atoms with E-state index in [1.54, 1.807) is 39.5 Å². The highest BCUT2D eigenvalue weighted by molar-refractivity contribution is 5.94. The molecule has 2 amide bonds. The van der Waals surface area contributed by atoms with Gasteiger partial charge < -0.3 is 24.8 Å². The molecule has 0 radical (unpaired) electrons. The number of benzene rings is 2. The van der Waals surface area contributed by atoms with Gasteiger partial charge in [-0.1, -0.05) is 6.07 Å². The fourth-order valence-electron chi connectivity index (χ4n) is 3.83. The van der Waals surface area contributed by atoms with E-state index in [-0.39, 0.29) is 24.3 Å². The third kappa shape index (κ3) is 5.91. The highest BCUT2D eigenvalue weighted by Crippen LogP contribution is 2.30. The number of carbonyl (C=O) groups is 2. The lowest BCUT2D eigenvalue weighted by Crippen LogP contribution is -2.41. The Hall–Kier alpha value is -3.26. The average molecular weight is 442 g/mol. The summed E-state index contributed by atoms with van der Waals surface area (Å²) in [5, 5.41) is 5.89. The van der Waals surface area contributed by atoms with Gasteiger partial charge in [0.2, 0.25) is 11.8 Å². The number of nitrogens with zero attached hydrogens (tertiary/aromatic N) is 1. The summed E-state index contributed by atoms with van der Waals surface area (Å²) in [5.74, 6) is 1.60. The molecule has 2 aromatic carbocycles. The van der Waals surface area contributed by atoms with E-state index in [4.69, 9.17) is 14.2 Å². The third-order valence-corrected chi connectivity index (χ3v) is 5.61. The van der Waals surface area contributed by atoms with E-state index in [2.05, 4.69) is 15.5 Å². The summed E-state index contributed by atoms with van der Waals surface area (Å²) in [6, 6.07) is 11.0. The Morgan fingerprint density at radius 2 is 1.56 bits per heavy atom. The van der Waals surface area contributed by atoms with Crippen molar-refractivity contribution in [2.45, 2.75) is 19.8 Å². The molecule has 0 aliphatic carbocycles. The number of carbonyl (C=O) groups excluding carboxylic acids is 2. The zero-order chi connectivity index (χ0) is 23.1. The van der Waals surface area contributed by atoms with Gasteiger partial charge in [0, 0.05) is 17.7 Å². The molecule has 0 unspecified atom stereocenters. The predicted molar refractivity (Wildman–Crippen MR) is 124 cm³/mol. The van der Waals surface area contributed by atoms with Crippen LogP contribution in [0.5, 0.6) is 17.2 Å². The number of aryl methyl sites for hydroxylation is 1. The Balaban J connectivity index is 1.49. The molecule has 8 heteroatoms. The molecular formula is C24H31N3O5. The lowest BCUT2D eigenvalue weighted by molar-refractivity contribution is -0.121. The van der Waals surface area contributed by atoms with Crippen molar-refractivity contribution in [3.63, 3.8) is 0 Å². The molecule has 32 heavy (non-hydrogen) atoms. The highest BCUT2D eigenvalue weighted by atomic mass is 16.5. The molecule has 0 aromatic heterocycles. The molecule has 0 atom stereocenters. The number of amides is 2. The molecule has 1 aliphatic rings. The van der Waals surface area contributed by atoms with E-state index in [0.717, 1.165) is 5.56 Å². The first-order valence-corrected chi connectivity index (χ1v) is 10.6. The fraction of sp³-hybridized carbons (Fsp3) is 0.417. The first-order chi connectivity index (χ1) is 15.4. The number of hydrogen-bond donors (Lipinski definition) is 2. The average Bonchev–Trinajstić information content (AvgIpc) is 2.79. The molecule has 2 N–H and O–H groups in total. The van der Waals surface area contributed by atoms with Gasteiger partial charge >= 0.3 is 0 Å². The van der Waals surface area contributed by atoms with Crippen LogP contribution >= 0.6 is 0 Å². The second kappa shape index (κ2) is 10.9. The van der Waals surface area contributed by atoms with Gasteiger partial charge in [-0.15, -0.1) is 0 Å². The molecule has 1 aliphatic heterocycles. The number of ether oxygens (including phenoxy) is 3. The summed E-state index contributed by atoms with van der Waals surface area (Å²) in [6.07, 6.45) is 1.40. The molecule has 172 valence electrons. The summed E-state index contributed by atoms with van der Waals surface area (Å²) in [7, 11) is 4.71. The number of anilines is 2. The van der Waals surface area contributed by atoms with Crippen LogP contribution in [0.4, 0.5) is 11.4 Å². The third-order valence-electron chi connectivity index (χ3n) is 5.61. The minimum absolute atomic E-state index is 0.0108. The van der Waals surface area contributed by atoms with Gasteiger partial charge in [0.1, 0.15) is 5.75 Å². The first kappa shape index (κ1) is 23.4. The van der Waals surface area contributed by atoms with Crippen molar-refractivity contribution in [1.29, 1.82) is 0 Å². The number of likely N-dealkylation sites (tertiary alicyclic amines) is 1. The topological polar surface area (TPSA) is 89.1 Å². The minimum atomic E-state index is -0.107. The van der Waals surface area contributed by atoms with E-state index in [0.29, 0.717) is 54.6 Å². The Morgan fingerprint density at radius 1 is 0.906 bits per heavy atom. The van der Waals surface area contributed by atoms with Gasteiger partial charge in [-0.3, -0.25) is 14.5 Å². The van der Waals surface area contributed by atoms with E-state index in [1.165, 1.54) is 0 Å². The fourth-order valence-corrected chi connectivity index (χ4v) is 3.83. The van der Waals surface area contributed by atoms with Crippen molar-refractivity contribution in [2.75, 3.05) is 51.6 Å². The van der Waals surface area contributed by atoms with Gasteiger partial charge in [-0.05, 0) is 62.7 Å². The summed E-state index contributed by atoms with van der Waals surface area (Å²) < 4.78 is 15.8. The number of nitrogens with one attached hydrogen (secondary N) is 2. The number of hydrogen-bond acceptors (Lipinski definition) is 6. The maximum Gasteiger partial charge on any atom is 0.238 e.